The summed E-state index contributed by atoms with van der Waals surface area (Å²) in [5, 5.41) is 6.18. The molecule has 5 fully saturated rings. The molecule has 1 aliphatic heterocycles. The highest BCUT2D eigenvalue weighted by atomic mass is 16.2. The second kappa shape index (κ2) is 9.22. The molecule has 7 rings (SSSR count). The van der Waals surface area contributed by atoms with Crippen molar-refractivity contribution < 1.29 is 13.9 Å². The molecule has 1 heterocycles. The fraction of sp³-hybridized carbons (Fsp3) is 0.533. The number of rotatable bonds is 6. The molecule has 5 aliphatic rings. The molecule has 0 aromatic heterocycles. The van der Waals surface area contributed by atoms with Gasteiger partial charge in [0, 0.05) is 46.0 Å². The van der Waals surface area contributed by atoms with E-state index in [2.05, 4.69) is 46.7 Å². The summed E-state index contributed by atoms with van der Waals surface area (Å²) in [7, 11) is 4.27. The van der Waals surface area contributed by atoms with E-state index in [0.717, 1.165) is 61.5 Å². The van der Waals surface area contributed by atoms with Crippen LogP contribution in [0.3, 0.4) is 0 Å². The van der Waals surface area contributed by atoms with E-state index >= 15 is 0 Å². The van der Waals surface area contributed by atoms with Crippen molar-refractivity contribution in [3.63, 3.8) is 0 Å². The summed E-state index contributed by atoms with van der Waals surface area (Å²) in [5.74, 6) is 2.27. The molecular weight excluding hydrogens is 448 g/mol. The van der Waals surface area contributed by atoms with E-state index in [1.807, 2.05) is 24.3 Å². The van der Waals surface area contributed by atoms with Gasteiger partial charge in [0.1, 0.15) is 0 Å². The Morgan fingerprint density at radius 1 is 0.861 bits per heavy atom. The maximum Gasteiger partial charge on any atom is 0.255 e. The Morgan fingerprint density at radius 2 is 1.42 bits per heavy atom. The van der Waals surface area contributed by atoms with Gasteiger partial charge < -0.3 is 20.4 Å². The summed E-state index contributed by atoms with van der Waals surface area (Å²) in [6.45, 7) is 2.09. The molecular formula is C30H44N4O2. The molecule has 36 heavy (non-hydrogen) atoms. The first-order chi connectivity index (χ1) is 17.4. The van der Waals surface area contributed by atoms with Gasteiger partial charge in [-0.15, -0.1) is 0 Å². The van der Waals surface area contributed by atoms with Crippen LogP contribution in [0.4, 0.5) is 17.1 Å². The van der Waals surface area contributed by atoms with Gasteiger partial charge in [-0.05, 0) is 125 Å². The Hall–Kier alpha value is -2.86. The fourth-order valence-corrected chi connectivity index (χ4v) is 7.71. The first-order valence-corrected chi connectivity index (χ1v) is 13.6. The third-order valence-electron chi connectivity index (χ3n) is 9.31. The van der Waals surface area contributed by atoms with E-state index < -0.39 is 0 Å². The molecule has 6 heteroatoms. The molecule has 1 unspecified atom stereocenters. The second-order valence-electron chi connectivity index (χ2n) is 12.1. The van der Waals surface area contributed by atoms with Crippen LogP contribution < -0.4 is 15.5 Å². The Balaban J connectivity index is 0.00000140. The molecule has 2 aromatic carbocycles. The normalized spacial score (nSPS) is 30.6. The van der Waals surface area contributed by atoms with Crippen molar-refractivity contribution in [1.29, 1.82) is 0 Å². The lowest BCUT2D eigenvalue weighted by atomic mass is 9.49. The number of hydrogen-bond donors (Lipinski definition) is 2. The monoisotopic (exact) mass is 492 g/mol. The van der Waals surface area contributed by atoms with Crippen LogP contribution in [-0.2, 0) is 4.79 Å². The average molecular weight is 493 g/mol. The van der Waals surface area contributed by atoms with Crippen molar-refractivity contribution in [3.8, 4) is 0 Å². The van der Waals surface area contributed by atoms with Gasteiger partial charge in [0.2, 0.25) is 5.91 Å². The number of amides is 2. The molecule has 0 radical (unpaired) electrons. The van der Waals surface area contributed by atoms with Gasteiger partial charge in [0.25, 0.3) is 5.91 Å². The lowest BCUT2D eigenvalue weighted by molar-refractivity contribution is -0.140. The summed E-state index contributed by atoms with van der Waals surface area (Å²) in [6, 6.07) is 16.0. The zero-order valence-corrected chi connectivity index (χ0v) is 21.5. The highest BCUT2D eigenvalue weighted by Crippen LogP contribution is 2.60. The lowest BCUT2D eigenvalue weighted by Crippen LogP contribution is -2.51. The van der Waals surface area contributed by atoms with Crippen molar-refractivity contribution in [2.45, 2.75) is 51.0 Å². The minimum Gasteiger partial charge on any atom is -0.370 e. The van der Waals surface area contributed by atoms with E-state index in [1.165, 1.54) is 31.4 Å². The van der Waals surface area contributed by atoms with Gasteiger partial charge in [-0.2, -0.15) is 0 Å². The SMILES string of the molecule is CN(C)C1CCN(c2ccc(NC(=O)c3ccc(NC(=O)C45CC6CC(CC(C6)C4)C5)cc3)cc2)C1.[HH].[HH].[HH]. The Morgan fingerprint density at radius 3 is 1.97 bits per heavy atom. The first kappa shape index (κ1) is 23.5. The summed E-state index contributed by atoms with van der Waals surface area (Å²) < 4.78 is 0. The van der Waals surface area contributed by atoms with Gasteiger partial charge in [-0.3, -0.25) is 9.59 Å². The number of nitrogens with zero attached hydrogens (tertiary/aromatic N) is 2. The molecule has 4 saturated carbocycles. The van der Waals surface area contributed by atoms with Crippen LogP contribution in [-0.4, -0.2) is 49.9 Å². The van der Waals surface area contributed by atoms with Crippen LogP contribution in [0, 0.1) is 23.2 Å². The Bertz CT molecular complexity index is 1100. The first-order valence-electron chi connectivity index (χ1n) is 13.6. The maximum atomic E-state index is 13.3. The topological polar surface area (TPSA) is 64.7 Å². The number of nitrogens with one attached hydrogen (secondary N) is 2. The van der Waals surface area contributed by atoms with Crippen LogP contribution in [0.5, 0.6) is 0 Å². The average Bonchev–Trinajstić information content (AvgIpc) is 3.35. The molecule has 4 aliphatic carbocycles. The molecule has 1 atom stereocenters. The molecule has 2 N–H and O–H groups in total. The quantitative estimate of drug-likeness (QED) is 0.521. The maximum absolute atomic E-state index is 13.3. The smallest absolute Gasteiger partial charge is 0.255 e. The summed E-state index contributed by atoms with van der Waals surface area (Å²) in [4.78, 5) is 30.8. The standard InChI is InChI=1S/C30H38N4O2.3H2/c1-33(2)27-11-12-34(19-27)26-9-7-24(8-10-26)31-28(35)23-3-5-25(6-4-23)32-29(36)30-16-20-13-21(17-30)15-22(14-20)18-30;;;/h3-10,20-22,27H,11-19H2,1-2H3,(H,31,35)(H,32,36);3*1H. The number of anilines is 3. The van der Waals surface area contributed by atoms with Gasteiger partial charge in [0.15, 0.2) is 0 Å². The lowest BCUT2D eigenvalue weighted by Gasteiger charge is -2.55. The predicted octanol–water partition coefficient (Wildman–Crippen LogP) is 5.97. The zero-order chi connectivity index (χ0) is 24.9. The molecule has 2 aromatic rings. The highest BCUT2D eigenvalue weighted by molar-refractivity contribution is 6.05. The van der Waals surface area contributed by atoms with E-state index in [4.69, 9.17) is 0 Å². The van der Waals surface area contributed by atoms with Gasteiger partial charge in [-0.1, -0.05) is 0 Å². The van der Waals surface area contributed by atoms with E-state index in [1.54, 1.807) is 12.1 Å². The van der Waals surface area contributed by atoms with Gasteiger partial charge >= 0.3 is 0 Å². The summed E-state index contributed by atoms with van der Waals surface area (Å²) in [6.07, 6.45) is 8.31. The summed E-state index contributed by atoms with van der Waals surface area (Å²) >= 11 is 0. The minimum absolute atomic E-state index is 0. The number of benzene rings is 2. The van der Waals surface area contributed by atoms with Crippen LogP contribution in [0.25, 0.3) is 0 Å². The second-order valence-corrected chi connectivity index (χ2v) is 12.1. The third kappa shape index (κ3) is 4.52. The minimum atomic E-state index is -0.167. The predicted molar refractivity (Wildman–Crippen MR) is 151 cm³/mol. The van der Waals surface area contributed by atoms with E-state index in [-0.39, 0.29) is 21.5 Å². The molecule has 1 saturated heterocycles. The van der Waals surface area contributed by atoms with Crippen LogP contribution in [0.2, 0.25) is 0 Å². The zero-order valence-electron chi connectivity index (χ0n) is 21.5. The Kier molecular flexibility index (Phi) is 6.03. The highest BCUT2D eigenvalue weighted by Gasteiger charge is 2.54. The molecule has 196 valence electrons. The van der Waals surface area contributed by atoms with Crippen molar-refractivity contribution in [3.05, 3.63) is 54.1 Å². The van der Waals surface area contributed by atoms with Crippen molar-refractivity contribution in [2.75, 3.05) is 42.7 Å². The molecule has 4 bridgehead atoms. The van der Waals surface area contributed by atoms with Crippen molar-refractivity contribution in [1.82, 2.24) is 4.90 Å². The van der Waals surface area contributed by atoms with E-state index in [9.17, 15) is 9.59 Å². The summed E-state index contributed by atoms with van der Waals surface area (Å²) in [5.41, 5.74) is 3.17. The number of likely N-dealkylation sites (N-methyl/N-ethyl adjacent to an activating group) is 1. The van der Waals surface area contributed by atoms with E-state index in [0.29, 0.717) is 11.6 Å². The third-order valence-corrected chi connectivity index (χ3v) is 9.31. The molecule has 2 amide bonds. The fourth-order valence-electron chi connectivity index (χ4n) is 7.71. The van der Waals surface area contributed by atoms with Crippen molar-refractivity contribution in [2.24, 2.45) is 23.2 Å². The number of carbonyl (C=O) groups excluding carboxylic acids is 2. The van der Waals surface area contributed by atoms with Gasteiger partial charge in [0.05, 0.1) is 5.41 Å². The van der Waals surface area contributed by atoms with Crippen LogP contribution in [0.15, 0.2) is 48.5 Å². The largest absolute Gasteiger partial charge is 0.370 e. The van der Waals surface area contributed by atoms with Crippen molar-refractivity contribution >= 4 is 28.9 Å². The Labute approximate surface area is 218 Å². The van der Waals surface area contributed by atoms with Crippen LogP contribution in [0.1, 0.15) is 59.6 Å². The van der Waals surface area contributed by atoms with Crippen LogP contribution >= 0.6 is 0 Å². The van der Waals surface area contributed by atoms with Gasteiger partial charge in [-0.25, -0.2) is 0 Å². The number of carbonyl (C=O) groups is 2. The molecule has 0 spiro atoms. The molecule has 6 nitrogen and oxygen atoms in total. The number of hydrogen-bond acceptors (Lipinski definition) is 4.